The van der Waals surface area contributed by atoms with Crippen molar-refractivity contribution < 1.29 is 0 Å². The highest BCUT2D eigenvalue weighted by Crippen LogP contribution is 2.25. The molecule has 2 heteroatoms. The third-order valence-electron chi connectivity index (χ3n) is 4.67. The normalized spacial score (nSPS) is 16.2. The predicted octanol–water partition coefficient (Wildman–Crippen LogP) is 3.92. The highest BCUT2D eigenvalue weighted by molar-refractivity contribution is 5.25. The Bertz CT molecular complexity index is 388. The van der Waals surface area contributed by atoms with Crippen LogP contribution in [0.1, 0.15) is 46.6 Å². The molecule has 0 bridgehead atoms. The molecule has 1 aromatic rings. The first kappa shape index (κ1) is 18.2. The van der Waals surface area contributed by atoms with Crippen molar-refractivity contribution in [3.8, 4) is 0 Å². The lowest BCUT2D eigenvalue weighted by molar-refractivity contribution is 0.166. The second-order valence-electron chi connectivity index (χ2n) is 7.00. The molecule has 1 aromatic carbocycles. The Morgan fingerprint density at radius 1 is 1.14 bits per heavy atom. The van der Waals surface area contributed by atoms with E-state index in [-0.39, 0.29) is 5.41 Å². The average Bonchev–Trinajstić information content (AvgIpc) is 2.47. The Hall–Kier alpha value is -0.860. The lowest BCUT2D eigenvalue weighted by atomic mass is 9.81. The third-order valence-corrected chi connectivity index (χ3v) is 4.67. The Balaban J connectivity index is 2.86. The van der Waals surface area contributed by atoms with Gasteiger partial charge >= 0.3 is 0 Å². The van der Waals surface area contributed by atoms with E-state index in [1.165, 1.54) is 12.0 Å². The van der Waals surface area contributed by atoms with Crippen molar-refractivity contribution in [3.63, 3.8) is 0 Å². The molecule has 2 unspecified atom stereocenters. The molecule has 0 fully saturated rings. The molecule has 2 atom stereocenters. The molecule has 1 rings (SSSR count). The quantitative estimate of drug-likeness (QED) is 0.693. The van der Waals surface area contributed by atoms with Crippen LogP contribution in [0.5, 0.6) is 0 Å². The molecule has 120 valence electrons. The van der Waals surface area contributed by atoms with Crippen LogP contribution >= 0.6 is 0 Å². The van der Waals surface area contributed by atoms with Gasteiger partial charge in [-0.25, -0.2) is 0 Å². The van der Waals surface area contributed by atoms with E-state index in [0.29, 0.717) is 12.0 Å². The van der Waals surface area contributed by atoms with Gasteiger partial charge < -0.3 is 10.2 Å². The van der Waals surface area contributed by atoms with E-state index in [0.717, 1.165) is 19.6 Å². The van der Waals surface area contributed by atoms with Crippen molar-refractivity contribution in [2.75, 3.05) is 26.7 Å². The molecule has 0 aliphatic rings. The Morgan fingerprint density at radius 3 is 2.29 bits per heavy atom. The van der Waals surface area contributed by atoms with Crippen molar-refractivity contribution in [1.29, 1.82) is 0 Å². The number of rotatable bonds is 9. The summed E-state index contributed by atoms with van der Waals surface area (Å²) in [5.74, 6) is 0.679. The largest absolute Gasteiger partial charge is 0.316 e. The first-order valence-electron chi connectivity index (χ1n) is 8.37. The molecule has 0 radical (unpaired) electrons. The summed E-state index contributed by atoms with van der Waals surface area (Å²) in [6, 6.07) is 11.5. The average molecular weight is 290 g/mol. The van der Waals surface area contributed by atoms with Crippen LogP contribution in [-0.4, -0.2) is 37.6 Å². The number of hydrogen-bond acceptors (Lipinski definition) is 2. The van der Waals surface area contributed by atoms with Crippen LogP contribution in [-0.2, 0) is 5.41 Å². The number of nitrogens with one attached hydrogen (secondary N) is 1. The van der Waals surface area contributed by atoms with Crippen LogP contribution in [0.15, 0.2) is 30.3 Å². The molecule has 1 N–H and O–H groups in total. The maximum atomic E-state index is 3.62. The zero-order chi connectivity index (χ0) is 15.9. The molecule has 0 saturated carbocycles. The fourth-order valence-corrected chi connectivity index (χ4v) is 2.83. The van der Waals surface area contributed by atoms with Crippen LogP contribution in [0.2, 0.25) is 0 Å². The van der Waals surface area contributed by atoms with Crippen molar-refractivity contribution in [1.82, 2.24) is 10.2 Å². The minimum absolute atomic E-state index is 0.147. The summed E-state index contributed by atoms with van der Waals surface area (Å²) in [7, 11) is 2.26. The smallest absolute Gasteiger partial charge is 0.0177 e. The fourth-order valence-electron chi connectivity index (χ4n) is 2.83. The van der Waals surface area contributed by atoms with Gasteiger partial charge in [0, 0.05) is 24.5 Å². The number of hydrogen-bond donors (Lipinski definition) is 1. The first-order chi connectivity index (χ1) is 9.90. The van der Waals surface area contributed by atoms with Crippen molar-refractivity contribution >= 4 is 0 Å². The van der Waals surface area contributed by atoms with E-state index in [1.807, 2.05) is 0 Å². The lowest BCUT2D eigenvalue weighted by Crippen LogP contribution is -2.47. The standard InChI is InChI=1S/C19H34N2/c1-7-13-20-14-19(5,18-11-9-8-10-12-18)15-21(6)17(4)16(2)3/h8-12,16-17,20H,7,13-15H2,1-6H3. The van der Waals surface area contributed by atoms with Gasteiger partial charge in [0.1, 0.15) is 0 Å². The van der Waals surface area contributed by atoms with Gasteiger partial charge in [-0.15, -0.1) is 0 Å². The molecule has 0 aliphatic carbocycles. The summed E-state index contributed by atoms with van der Waals surface area (Å²) in [5.41, 5.74) is 1.57. The summed E-state index contributed by atoms with van der Waals surface area (Å²) in [6.07, 6.45) is 1.18. The van der Waals surface area contributed by atoms with E-state index in [1.54, 1.807) is 0 Å². The van der Waals surface area contributed by atoms with Gasteiger partial charge in [-0.3, -0.25) is 0 Å². The van der Waals surface area contributed by atoms with Gasteiger partial charge in [0.2, 0.25) is 0 Å². The number of benzene rings is 1. The van der Waals surface area contributed by atoms with Gasteiger partial charge in [0.25, 0.3) is 0 Å². The van der Waals surface area contributed by atoms with E-state index in [4.69, 9.17) is 0 Å². The zero-order valence-corrected chi connectivity index (χ0v) is 14.8. The van der Waals surface area contributed by atoms with Crippen LogP contribution in [0.3, 0.4) is 0 Å². The van der Waals surface area contributed by atoms with Crippen LogP contribution < -0.4 is 5.32 Å². The molecular formula is C19H34N2. The van der Waals surface area contributed by atoms with Gasteiger partial charge in [-0.2, -0.15) is 0 Å². The summed E-state index contributed by atoms with van der Waals surface area (Å²) in [4.78, 5) is 2.51. The molecule has 0 aliphatic heterocycles. The van der Waals surface area contributed by atoms with Crippen LogP contribution in [0, 0.1) is 5.92 Å². The summed E-state index contributed by atoms with van der Waals surface area (Å²) < 4.78 is 0. The molecule has 2 nitrogen and oxygen atoms in total. The molecule has 0 aromatic heterocycles. The topological polar surface area (TPSA) is 15.3 Å². The van der Waals surface area contributed by atoms with E-state index < -0.39 is 0 Å². The zero-order valence-electron chi connectivity index (χ0n) is 14.8. The first-order valence-corrected chi connectivity index (χ1v) is 8.37. The maximum Gasteiger partial charge on any atom is 0.0177 e. The molecule has 0 amide bonds. The van der Waals surface area contributed by atoms with Crippen molar-refractivity contribution in [2.24, 2.45) is 5.92 Å². The highest BCUT2D eigenvalue weighted by atomic mass is 15.1. The number of nitrogens with zero attached hydrogens (tertiary/aromatic N) is 1. The highest BCUT2D eigenvalue weighted by Gasteiger charge is 2.29. The van der Waals surface area contributed by atoms with E-state index in [9.17, 15) is 0 Å². The van der Waals surface area contributed by atoms with Gasteiger partial charge in [0.05, 0.1) is 0 Å². The fraction of sp³-hybridized carbons (Fsp3) is 0.684. The second-order valence-corrected chi connectivity index (χ2v) is 7.00. The maximum absolute atomic E-state index is 3.62. The summed E-state index contributed by atoms with van der Waals surface area (Å²) in [6.45, 7) is 14.7. The minimum Gasteiger partial charge on any atom is -0.316 e. The van der Waals surface area contributed by atoms with Crippen LogP contribution in [0.25, 0.3) is 0 Å². The Kier molecular flexibility index (Phi) is 7.41. The predicted molar refractivity (Wildman–Crippen MR) is 93.9 cm³/mol. The molecule has 21 heavy (non-hydrogen) atoms. The SMILES string of the molecule is CCCNCC(C)(CN(C)C(C)C(C)C)c1ccccc1. The van der Waals surface area contributed by atoms with Crippen molar-refractivity contribution in [3.05, 3.63) is 35.9 Å². The third kappa shape index (κ3) is 5.44. The molecule has 0 spiro atoms. The Morgan fingerprint density at radius 2 is 1.76 bits per heavy atom. The molecule has 0 heterocycles. The van der Waals surface area contributed by atoms with Gasteiger partial charge in [-0.05, 0) is 38.4 Å². The monoisotopic (exact) mass is 290 g/mol. The number of likely N-dealkylation sites (N-methyl/N-ethyl adjacent to an activating group) is 1. The molecular weight excluding hydrogens is 256 g/mol. The van der Waals surface area contributed by atoms with Gasteiger partial charge in [-0.1, -0.05) is 58.0 Å². The van der Waals surface area contributed by atoms with Gasteiger partial charge in [0.15, 0.2) is 0 Å². The summed E-state index contributed by atoms with van der Waals surface area (Å²) in [5, 5.41) is 3.62. The lowest BCUT2D eigenvalue weighted by Gasteiger charge is -2.38. The molecule has 0 saturated heterocycles. The van der Waals surface area contributed by atoms with E-state index >= 15 is 0 Å². The Labute approximate surface area is 131 Å². The van der Waals surface area contributed by atoms with Crippen LogP contribution in [0.4, 0.5) is 0 Å². The minimum atomic E-state index is 0.147. The van der Waals surface area contributed by atoms with Crippen molar-refractivity contribution in [2.45, 2.75) is 52.5 Å². The summed E-state index contributed by atoms with van der Waals surface area (Å²) >= 11 is 0. The van der Waals surface area contributed by atoms with E-state index in [2.05, 4.69) is 82.2 Å². The second kappa shape index (κ2) is 8.55.